The summed E-state index contributed by atoms with van der Waals surface area (Å²) in [6, 6.07) is 4.57. The molecule has 2 N–H and O–H groups in total. The fraction of sp³-hybridized carbons (Fsp3) is 0.357. The van der Waals surface area contributed by atoms with E-state index in [1.54, 1.807) is 32.9 Å². The molecule has 4 atom stereocenters. The summed E-state index contributed by atoms with van der Waals surface area (Å²) in [6.45, 7) is 14.6. The summed E-state index contributed by atoms with van der Waals surface area (Å²) in [5.74, 6) is -0.762. The van der Waals surface area contributed by atoms with E-state index in [1.165, 1.54) is 20.1 Å². The maximum absolute atomic E-state index is 14.0. The fourth-order valence-corrected chi connectivity index (χ4v) is 4.81. The summed E-state index contributed by atoms with van der Waals surface area (Å²) in [7, 11) is 1.42. The Morgan fingerprint density at radius 3 is 2.47 bits per heavy atom. The van der Waals surface area contributed by atoms with E-state index < -0.39 is 29.7 Å². The molecule has 2 aromatic carbocycles. The van der Waals surface area contributed by atoms with E-state index in [9.17, 15) is 19.8 Å². The van der Waals surface area contributed by atoms with E-state index in [4.69, 9.17) is 18.6 Å². The highest BCUT2D eigenvalue weighted by Crippen LogP contribution is 2.46. The Labute approximate surface area is 208 Å². The summed E-state index contributed by atoms with van der Waals surface area (Å²) < 4.78 is 23.5. The second kappa shape index (κ2) is 9.44. The number of phenolic OH excluding ortho intramolecular Hbond substituents is 1. The number of aryl methyl sites for hydroxylation is 1. The smallest absolute Gasteiger partial charge is 0.303 e. The number of carbonyl (C=O) groups is 1. The van der Waals surface area contributed by atoms with Gasteiger partial charge >= 0.3 is 5.97 Å². The van der Waals surface area contributed by atoms with Gasteiger partial charge in [0.25, 0.3) is 0 Å². The van der Waals surface area contributed by atoms with Crippen molar-refractivity contribution in [3.8, 4) is 11.5 Å². The van der Waals surface area contributed by atoms with E-state index in [2.05, 4.69) is 13.2 Å². The second-order valence-electron chi connectivity index (χ2n) is 9.36. The van der Waals surface area contributed by atoms with Crippen molar-refractivity contribution < 1.29 is 33.6 Å². The van der Waals surface area contributed by atoms with Crippen LogP contribution in [0.1, 0.15) is 49.7 Å². The molecule has 190 valence electrons. The number of ether oxygens (including phenoxy) is 3. The van der Waals surface area contributed by atoms with E-state index in [0.29, 0.717) is 28.0 Å². The molecule has 1 aliphatic rings. The van der Waals surface area contributed by atoms with Gasteiger partial charge in [-0.2, -0.15) is 0 Å². The van der Waals surface area contributed by atoms with Gasteiger partial charge in [0.05, 0.1) is 23.5 Å². The highest BCUT2D eigenvalue weighted by molar-refractivity contribution is 5.97. The predicted molar refractivity (Wildman–Crippen MR) is 135 cm³/mol. The number of phenols is 1. The monoisotopic (exact) mass is 494 g/mol. The lowest BCUT2D eigenvalue weighted by atomic mass is 9.85. The molecule has 3 aromatic rings. The molecule has 0 saturated heterocycles. The van der Waals surface area contributed by atoms with Gasteiger partial charge in [-0.05, 0) is 50.1 Å². The first-order valence-corrected chi connectivity index (χ1v) is 11.5. The van der Waals surface area contributed by atoms with Crippen molar-refractivity contribution in [3.63, 3.8) is 0 Å². The van der Waals surface area contributed by atoms with E-state index in [0.717, 1.165) is 5.57 Å². The molecule has 8 heteroatoms. The van der Waals surface area contributed by atoms with Crippen molar-refractivity contribution >= 4 is 27.9 Å². The van der Waals surface area contributed by atoms with Crippen LogP contribution in [0, 0.1) is 12.8 Å². The van der Waals surface area contributed by atoms with Crippen LogP contribution in [-0.4, -0.2) is 36.0 Å². The lowest BCUT2D eigenvalue weighted by molar-refractivity contribution is -0.150. The maximum atomic E-state index is 14.0. The van der Waals surface area contributed by atoms with Gasteiger partial charge in [0.2, 0.25) is 5.43 Å². The molecule has 1 aromatic heterocycles. The Balaban J connectivity index is 2.13. The van der Waals surface area contributed by atoms with Crippen molar-refractivity contribution in [2.45, 2.75) is 46.0 Å². The molecule has 0 bridgehead atoms. The minimum Gasteiger partial charge on any atom is -0.507 e. The molecule has 2 heterocycles. The number of fused-ring (bicyclic) bond motifs is 4. The number of esters is 1. The number of aliphatic hydroxyl groups is 1. The third kappa shape index (κ3) is 4.06. The van der Waals surface area contributed by atoms with Crippen LogP contribution in [0.25, 0.3) is 21.9 Å². The van der Waals surface area contributed by atoms with Crippen LogP contribution < -0.4 is 10.2 Å². The lowest BCUT2D eigenvalue weighted by Gasteiger charge is -2.34. The van der Waals surface area contributed by atoms with Crippen LogP contribution in [0.4, 0.5) is 0 Å². The Bertz CT molecular complexity index is 1460. The molecule has 0 fully saturated rings. The van der Waals surface area contributed by atoms with E-state index >= 15 is 0 Å². The Hall–Kier alpha value is -3.62. The lowest BCUT2D eigenvalue weighted by Crippen LogP contribution is -2.31. The minimum atomic E-state index is -1.08. The summed E-state index contributed by atoms with van der Waals surface area (Å²) in [4.78, 5) is 26.1. The average molecular weight is 495 g/mol. The predicted octanol–water partition coefficient (Wildman–Crippen LogP) is 4.77. The zero-order valence-electron chi connectivity index (χ0n) is 21.0. The number of hydrogen-bond donors (Lipinski definition) is 2. The number of hydrogen-bond acceptors (Lipinski definition) is 8. The van der Waals surface area contributed by atoms with E-state index in [1.807, 2.05) is 0 Å². The quantitative estimate of drug-likeness (QED) is 0.286. The normalized spacial score (nSPS) is 18.8. The van der Waals surface area contributed by atoms with Gasteiger partial charge in [-0.1, -0.05) is 18.7 Å². The third-order valence-electron chi connectivity index (χ3n) is 6.63. The average Bonchev–Trinajstić information content (AvgIpc) is 2.80. The zero-order valence-corrected chi connectivity index (χ0v) is 21.0. The van der Waals surface area contributed by atoms with Crippen molar-refractivity contribution in [1.29, 1.82) is 0 Å². The van der Waals surface area contributed by atoms with Crippen molar-refractivity contribution in [2.24, 2.45) is 5.92 Å². The highest BCUT2D eigenvalue weighted by atomic mass is 16.6. The number of aromatic hydroxyl groups is 1. The van der Waals surface area contributed by atoms with Crippen molar-refractivity contribution in [2.75, 3.05) is 13.7 Å². The molecular weight excluding hydrogens is 464 g/mol. The third-order valence-corrected chi connectivity index (χ3v) is 6.63. The van der Waals surface area contributed by atoms with Crippen LogP contribution in [0.15, 0.2) is 51.7 Å². The van der Waals surface area contributed by atoms with Gasteiger partial charge in [0.15, 0.2) is 0 Å². The topological polar surface area (TPSA) is 115 Å². The molecule has 36 heavy (non-hydrogen) atoms. The first kappa shape index (κ1) is 25.5. The number of methoxy groups -OCH3 is 1. The standard InChI is InChI=1S/C28H30O8/c1-12(2)17-11-34-25-14(5)10-19-21(22(25)27(17)35-15(6)29)24(32)20-18(30)9-8-16(26(20)36-19)28(33-7)23(31)13(3)4/h8-10,17,23,27-28,30-31H,1,3,11H2,2,4-7H3. The molecule has 4 unspecified atom stereocenters. The largest absolute Gasteiger partial charge is 0.507 e. The van der Waals surface area contributed by atoms with Gasteiger partial charge in [-0.3, -0.25) is 9.59 Å². The first-order valence-electron chi connectivity index (χ1n) is 11.5. The molecule has 0 aliphatic carbocycles. The van der Waals surface area contributed by atoms with Crippen LogP contribution >= 0.6 is 0 Å². The van der Waals surface area contributed by atoms with E-state index in [-0.39, 0.29) is 40.2 Å². The molecule has 0 amide bonds. The molecule has 0 spiro atoms. The molecule has 8 nitrogen and oxygen atoms in total. The van der Waals surface area contributed by atoms with Crippen LogP contribution in [0.5, 0.6) is 11.5 Å². The van der Waals surface area contributed by atoms with Crippen molar-refractivity contribution in [1.82, 2.24) is 0 Å². The van der Waals surface area contributed by atoms with Gasteiger partial charge in [-0.25, -0.2) is 0 Å². The fourth-order valence-electron chi connectivity index (χ4n) is 4.81. The summed E-state index contributed by atoms with van der Waals surface area (Å²) in [5, 5.41) is 21.5. The minimum absolute atomic E-state index is 0.0798. The highest BCUT2D eigenvalue weighted by Gasteiger charge is 2.38. The number of aliphatic hydroxyl groups excluding tert-OH is 1. The van der Waals surface area contributed by atoms with Crippen LogP contribution in [0.3, 0.4) is 0 Å². The van der Waals surface area contributed by atoms with Gasteiger partial charge in [0, 0.05) is 19.6 Å². The zero-order chi connectivity index (χ0) is 26.5. The second-order valence-corrected chi connectivity index (χ2v) is 9.36. The summed E-state index contributed by atoms with van der Waals surface area (Å²) in [6.07, 6.45) is -2.80. The number of benzene rings is 2. The van der Waals surface area contributed by atoms with Gasteiger partial charge < -0.3 is 28.8 Å². The molecule has 1 aliphatic heterocycles. The number of carbonyl (C=O) groups excluding carboxylic acids is 1. The van der Waals surface area contributed by atoms with Gasteiger partial charge in [-0.15, -0.1) is 0 Å². The Kier molecular flexibility index (Phi) is 6.68. The van der Waals surface area contributed by atoms with Gasteiger partial charge in [0.1, 0.15) is 46.4 Å². The maximum Gasteiger partial charge on any atom is 0.303 e. The van der Waals surface area contributed by atoms with Crippen molar-refractivity contribution in [3.05, 3.63) is 69.4 Å². The Morgan fingerprint density at radius 2 is 1.89 bits per heavy atom. The summed E-state index contributed by atoms with van der Waals surface area (Å²) >= 11 is 0. The first-order chi connectivity index (χ1) is 17.0. The molecule has 0 saturated carbocycles. The van der Waals surface area contributed by atoms with Crippen LogP contribution in [-0.2, 0) is 14.3 Å². The van der Waals surface area contributed by atoms with Crippen LogP contribution in [0.2, 0.25) is 0 Å². The number of rotatable bonds is 6. The molecular formula is C28H30O8. The molecule has 0 radical (unpaired) electrons. The summed E-state index contributed by atoms with van der Waals surface area (Å²) in [5.41, 5.74) is 2.41. The SMILES string of the molecule is C=C(C)C(O)C(OC)c1ccc(O)c2c(=O)c3c4c(c(C)cc3oc12)OCC(C(=C)C)C4OC(C)=O. The Morgan fingerprint density at radius 1 is 1.19 bits per heavy atom. The molecule has 4 rings (SSSR count).